The van der Waals surface area contributed by atoms with Gasteiger partial charge in [-0.15, -0.1) is 0 Å². The molecule has 3 amide bonds. The predicted octanol–water partition coefficient (Wildman–Crippen LogP) is 1.15. The summed E-state index contributed by atoms with van der Waals surface area (Å²) >= 11 is 0. The number of amides is 3. The van der Waals surface area contributed by atoms with E-state index in [1.54, 1.807) is 0 Å². The molecule has 5 nitrogen and oxygen atoms in total. The molecule has 1 saturated heterocycles. The Kier molecular flexibility index (Phi) is 2.81. The first-order chi connectivity index (χ1) is 8.64. The average molecular weight is 252 g/mol. The highest BCUT2D eigenvalue weighted by molar-refractivity contribution is 6.07. The fourth-order valence-electron chi connectivity index (χ4n) is 3.66. The molecular weight excluding hydrogens is 232 g/mol. The second-order valence-corrected chi connectivity index (χ2v) is 5.81. The third-order valence-electron chi connectivity index (χ3n) is 4.68. The third-order valence-corrected chi connectivity index (χ3v) is 4.68. The van der Waals surface area contributed by atoms with Crippen LogP contribution in [-0.2, 0) is 4.79 Å². The van der Waals surface area contributed by atoms with E-state index in [9.17, 15) is 14.7 Å². The molecule has 3 fully saturated rings. The van der Waals surface area contributed by atoms with Gasteiger partial charge in [0.05, 0.1) is 12.1 Å². The van der Waals surface area contributed by atoms with Crippen LogP contribution in [0.3, 0.4) is 0 Å². The number of aliphatic hydroxyl groups excluding tert-OH is 1. The van der Waals surface area contributed by atoms with Crippen LogP contribution in [0.4, 0.5) is 4.79 Å². The van der Waals surface area contributed by atoms with Crippen LogP contribution in [0, 0.1) is 0 Å². The summed E-state index contributed by atoms with van der Waals surface area (Å²) in [5.41, 5.74) is -0.655. The first-order valence-corrected chi connectivity index (χ1v) is 6.98. The van der Waals surface area contributed by atoms with Gasteiger partial charge in [0, 0.05) is 0 Å². The molecule has 0 unspecified atom stereocenters. The third kappa shape index (κ3) is 1.64. The van der Waals surface area contributed by atoms with E-state index in [4.69, 9.17) is 0 Å². The monoisotopic (exact) mass is 252 g/mol. The lowest BCUT2D eigenvalue weighted by atomic mass is 9.81. The summed E-state index contributed by atoms with van der Waals surface area (Å²) in [7, 11) is 0. The van der Waals surface area contributed by atoms with E-state index in [1.165, 1.54) is 4.90 Å². The molecule has 2 N–H and O–H groups in total. The molecule has 0 aromatic heterocycles. The molecule has 0 radical (unpaired) electrons. The Balaban J connectivity index is 1.84. The highest BCUT2D eigenvalue weighted by atomic mass is 16.3. The molecule has 5 heteroatoms. The summed E-state index contributed by atoms with van der Waals surface area (Å²) in [6.07, 6.45) is 6.38. The first-order valence-electron chi connectivity index (χ1n) is 6.98. The Morgan fingerprint density at radius 3 is 2.44 bits per heavy atom. The number of carbonyl (C=O) groups is 2. The standard InChI is InChI=1S/C13H20N2O3/c16-10-6-4-5-9(10)15-11(17)13(14-12(15)18)7-2-1-3-8-13/h9-10,16H,1-8H2,(H,14,18)/t9-,10-/m0/s1. The van der Waals surface area contributed by atoms with Crippen LogP contribution in [0.25, 0.3) is 0 Å². The van der Waals surface area contributed by atoms with Crippen molar-refractivity contribution in [1.82, 2.24) is 10.2 Å². The number of imide groups is 1. The van der Waals surface area contributed by atoms with E-state index in [2.05, 4.69) is 5.32 Å². The predicted molar refractivity (Wildman–Crippen MR) is 64.8 cm³/mol. The van der Waals surface area contributed by atoms with Crippen molar-refractivity contribution in [2.45, 2.75) is 69.1 Å². The fourth-order valence-corrected chi connectivity index (χ4v) is 3.66. The van der Waals surface area contributed by atoms with Gasteiger partial charge >= 0.3 is 6.03 Å². The van der Waals surface area contributed by atoms with Crippen molar-refractivity contribution in [2.24, 2.45) is 0 Å². The smallest absolute Gasteiger partial charge is 0.325 e. The van der Waals surface area contributed by atoms with Gasteiger partial charge in [-0.1, -0.05) is 19.3 Å². The Hall–Kier alpha value is -1.10. The molecule has 1 spiro atoms. The summed E-state index contributed by atoms with van der Waals surface area (Å²) in [5.74, 6) is -0.0989. The van der Waals surface area contributed by atoms with Gasteiger partial charge in [0.15, 0.2) is 0 Å². The maximum Gasteiger partial charge on any atom is 0.325 e. The Labute approximate surface area is 107 Å². The van der Waals surface area contributed by atoms with Crippen LogP contribution < -0.4 is 5.32 Å². The molecule has 2 atom stereocenters. The summed E-state index contributed by atoms with van der Waals surface area (Å²) in [4.78, 5) is 25.9. The summed E-state index contributed by atoms with van der Waals surface area (Å²) < 4.78 is 0. The van der Waals surface area contributed by atoms with Crippen molar-refractivity contribution in [3.8, 4) is 0 Å². The molecule has 1 heterocycles. The van der Waals surface area contributed by atoms with Crippen LogP contribution >= 0.6 is 0 Å². The Bertz CT molecular complexity index is 376. The number of hydrogen-bond acceptors (Lipinski definition) is 3. The number of urea groups is 1. The molecule has 2 aliphatic carbocycles. The molecule has 18 heavy (non-hydrogen) atoms. The number of nitrogens with zero attached hydrogens (tertiary/aromatic N) is 1. The van der Waals surface area contributed by atoms with E-state index >= 15 is 0 Å². The maximum atomic E-state index is 12.6. The van der Waals surface area contributed by atoms with Crippen molar-refractivity contribution < 1.29 is 14.7 Å². The van der Waals surface area contributed by atoms with Gasteiger partial charge in [-0.05, 0) is 32.1 Å². The summed E-state index contributed by atoms with van der Waals surface area (Å²) in [5, 5.41) is 12.8. The second kappa shape index (κ2) is 4.23. The number of aliphatic hydroxyl groups is 1. The van der Waals surface area contributed by atoms with Crippen LogP contribution in [0.15, 0.2) is 0 Å². The van der Waals surface area contributed by atoms with Gasteiger partial charge in [0.25, 0.3) is 5.91 Å². The zero-order valence-electron chi connectivity index (χ0n) is 10.5. The van der Waals surface area contributed by atoms with E-state index in [1.807, 2.05) is 0 Å². The van der Waals surface area contributed by atoms with E-state index in [-0.39, 0.29) is 18.0 Å². The van der Waals surface area contributed by atoms with Crippen molar-refractivity contribution in [1.29, 1.82) is 0 Å². The highest BCUT2D eigenvalue weighted by Gasteiger charge is 2.54. The maximum absolute atomic E-state index is 12.6. The largest absolute Gasteiger partial charge is 0.391 e. The SMILES string of the molecule is O=C1NC2(CCCCC2)C(=O)N1[C@H]1CCC[C@@H]1O. The summed E-state index contributed by atoms with van der Waals surface area (Å²) in [6.45, 7) is 0. The van der Waals surface area contributed by atoms with Crippen LogP contribution in [0.5, 0.6) is 0 Å². The van der Waals surface area contributed by atoms with Crippen LogP contribution in [0.1, 0.15) is 51.4 Å². The van der Waals surface area contributed by atoms with E-state index in [0.717, 1.165) is 44.9 Å². The lowest BCUT2D eigenvalue weighted by Crippen LogP contribution is -2.50. The molecular formula is C13H20N2O3. The van der Waals surface area contributed by atoms with Gasteiger partial charge in [-0.25, -0.2) is 4.79 Å². The number of hydrogen-bond donors (Lipinski definition) is 2. The Morgan fingerprint density at radius 2 is 1.83 bits per heavy atom. The second-order valence-electron chi connectivity index (χ2n) is 5.81. The minimum Gasteiger partial charge on any atom is -0.391 e. The molecule has 3 aliphatic rings. The van der Waals surface area contributed by atoms with Crippen LogP contribution in [0.2, 0.25) is 0 Å². The molecule has 2 saturated carbocycles. The average Bonchev–Trinajstić information content (AvgIpc) is 2.85. The van der Waals surface area contributed by atoms with Gasteiger partial charge in [0.1, 0.15) is 5.54 Å². The van der Waals surface area contributed by atoms with Gasteiger partial charge < -0.3 is 10.4 Å². The molecule has 3 rings (SSSR count). The minimum atomic E-state index is -0.655. The van der Waals surface area contributed by atoms with Gasteiger partial charge in [0.2, 0.25) is 0 Å². The van der Waals surface area contributed by atoms with E-state index in [0.29, 0.717) is 6.42 Å². The lowest BCUT2D eigenvalue weighted by molar-refractivity contribution is -0.135. The zero-order chi connectivity index (χ0) is 12.8. The Morgan fingerprint density at radius 1 is 1.11 bits per heavy atom. The van der Waals surface area contributed by atoms with E-state index < -0.39 is 11.6 Å². The molecule has 100 valence electrons. The number of nitrogens with one attached hydrogen (secondary N) is 1. The lowest BCUT2D eigenvalue weighted by Gasteiger charge is -2.31. The van der Waals surface area contributed by atoms with Crippen molar-refractivity contribution in [3.05, 3.63) is 0 Å². The molecule has 1 aliphatic heterocycles. The van der Waals surface area contributed by atoms with Crippen molar-refractivity contribution in [3.63, 3.8) is 0 Å². The van der Waals surface area contributed by atoms with Crippen molar-refractivity contribution in [2.75, 3.05) is 0 Å². The summed E-state index contributed by atoms with van der Waals surface area (Å²) in [6, 6.07) is -0.605. The van der Waals surface area contributed by atoms with Crippen LogP contribution in [-0.4, -0.2) is 39.6 Å². The normalized spacial score (nSPS) is 35.3. The minimum absolute atomic E-state index is 0.0989. The zero-order valence-corrected chi connectivity index (χ0v) is 10.5. The van der Waals surface area contributed by atoms with Crippen molar-refractivity contribution >= 4 is 11.9 Å². The van der Waals surface area contributed by atoms with Gasteiger partial charge in [-0.3, -0.25) is 9.69 Å². The van der Waals surface area contributed by atoms with Gasteiger partial charge in [-0.2, -0.15) is 0 Å². The number of carbonyl (C=O) groups excluding carboxylic acids is 2. The molecule has 0 aromatic carbocycles. The highest BCUT2D eigenvalue weighted by Crippen LogP contribution is 2.37. The molecule has 0 bridgehead atoms. The number of rotatable bonds is 1. The molecule has 0 aromatic rings. The first kappa shape index (κ1) is 12.0. The quantitative estimate of drug-likeness (QED) is 0.688. The fraction of sp³-hybridized carbons (Fsp3) is 0.846. The topological polar surface area (TPSA) is 69.6 Å².